The molecule has 0 aromatic heterocycles. The van der Waals surface area contributed by atoms with Crippen molar-refractivity contribution in [1.29, 1.82) is 0 Å². The van der Waals surface area contributed by atoms with Crippen LogP contribution in [0.25, 0.3) is 0 Å². The van der Waals surface area contributed by atoms with E-state index in [0.29, 0.717) is 19.3 Å². The van der Waals surface area contributed by atoms with Crippen LogP contribution in [0.4, 0.5) is 0 Å². The minimum atomic E-state index is -0.867. The number of rotatable bonds is 54. The van der Waals surface area contributed by atoms with Crippen molar-refractivity contribution in [2.75, 3.05) is 13.2 Å². The molecule has 83 heavy (non-hydrogen) atoms. The quantitative estimate of drug-likeness (QED) is 0.0261. The Balaban J connectivity index is 4.59. The van der Waals surface area contributed by atoms with Gasteiger partial charge in [0, 0.05) is 19.3 Å². The van der Waals surface area contributed by atoms with Crippen molar-refractivity contribution >= 4 is 17.9 Å². The van der Waals surface area contributed by atoms with Crippen molar-refractivity contribution in [2.45, 2.75) is 219 Å². The third kappa shape index (κ3) is 66.2. The average Bonchev–Trinajstić information content (AvgIpc) is 3.49. The summed E-state index contributed by atoms with van der Waals surface area (Å²) in [5, 5.41) is 0. The van der Waals surface area contributed by atoms with Crippen molar-refractivity contribution in [3.05, 3.63) is 231 Å². The normalized spacial score (nSPS) is 13.7. The van der Waals surface area contributed by atoms with E-state index < -0.39 is 12.1 Å². The van der Waals surface area contributed by atoms with Crippen molar-refractivity contribution in [3.63, 3.8) is 0 Å². The summed E-state index contributed by atoms with van der Waals surface area (Å²) in [4.78, 5) is 38.3. The number of allylic oxidation sites excluding steroid dienone is 38. The van der Waals surface area contributed by atoms with Gasteiger partial charge in [-0.15, -0.1) is 0 Å². The molecule has 0 spiro atoms. The van der Waals surface area contributed by atoms with Crippen LogP contribution in [0.15, 0.2) is 231 Å². The van der Waals surface area contributed by atoms with Gasteiger partial charge in [0.25, 0.3) is 0 Å². The first-order valence-electron chi connectivity index (χ1n) is 31.9. The Labute approximate surface area is 507 Å². The summed E-state index contributed by atoms with van der Waals surface area (Å²) in [6.45, 7) is 6.14. The van der Waals surface area contributed by atoms with E-state index >= 15 is 0 Å². The van der Waals surface area contributed by atoms with Gasteiger partial charge in [-0.3, -0.25) is 14.4 Å². The zero-order valence-electron chi connectivity index (χ0n) is 52.1. The molecule has 1 unspecified atom stereocenters. The van der Waals surface area contributed by atoms with E-state index in [2.05, 4.69) is 240 Å². The predicted molar refractivity (Wildman–Crippen MR) is 361 cm³/mol. The highest BCUT2D eigenvalue weighted by molar-refractivity contribution is 5.71. The predicted octanol–water partition coefficient (Wildman–Crippen LogP) is 22.3. The van der Waals surface area contributed by atoms with Crippen LogP contribution in [0.3, 0.4) is 0 Å². The minimum absolute atomic E-state index is 0.154. The summed E-state index contributed by atoms with van der Waals surface area (Å²) in [6, 6.07) is 0. The van der Waals surface area contributed by atoms with Crippen molar-refractivity contribution < 1.29 is 28.6 Å². The zero-order chi connectivity index (χ0) is 59.9. The highest BCUT2D eigenvalue weighted by atomic mass is 16.6. The molecule has 0 saturated heterocycles. The number of carbonyl (C=O) groups excluding carboxylic acids is 3. The van der Waals surface area contributed by atoms with E-state index in [0.717, 1.165) is 154 Å². The Bertz CT molecular complexity index is 2130. The van der Waals surface area contributed by atoms with Gasteiger partial charge in [-0.25, -0.2) is 0 Å². The highest BCUT2D eigenvalue weighted by Crippen LogP contribution is 2.10. The molecule has 1 atom stereocenters. The molecule has 0 saturated carbocycles. The van der Waals surface area contributed by atoms with Crippen LogP contribution < -0.4 is 0 Å². The largest absolute Gasteiger partial charge is 0.462 e. The fourth-order valence-electron chi connectivity index (χ4n) is 7.51. The van der Waals surface area contributed by atoms with Gasteiger partial charge in [-0.2, -0.15) is 0 Å². The maximum absolute atomic E-state index is 12.9. The number of esters is 3. The number of hydrogen-bond acceptors (Lipinski definition) is 6. The van der Waals surface area contributed by atoms with Crippen LogP contribution in [0.5, 0.6) is 0 Å². The molecule has 0 radical (unpaired) electrons. The molecule has 0 aliphatic carbocycles. The molecule has 0 N–H and O–H groups in total. The summed E-state index contributed by atoms with van der Waals surface area (Å²) in [6.07, 6.45) is 108. The number of hydrogen-bond donors (Lipinski definition) is 0. The fraction of sp³-hybridized carbons (Fsp3) is 0.468. The van der Waals surface area contributed by atoms with Gasteiger partial charge >= 0.3 is 17.9 Å². The molecule has 456 valence electrons. The summed E-state index contributed by atoms with van der Waals surface area (Å²) in [5.41, 5.74) is 0. The molecule has 0 amide bonds. The Morgan fingerprint density at radius 1 is 0.241 bits per heavy atom. The second-order valence-electron chi connectivity index (χ2n) is 19.8. The van der Waals surface area contributed by atoms with Crippen molar-refractivity contribution in [3.8, 4) is 0 Å². The van der Waals surface area contributed by atoms with E-state index in [1.54, 1.807) is 0 Å². The van der Waals surface area contributed by atoms with Crippen LogP contribution in [-0.4, -0.2) is 37.2 Å². The van der Waals surface area contributed by atoms with E-state index in [1.807, 2.05) is 12.2 Å². The van der Waals surface area contributed by atoms with Crippen molar-refractivity contribution in [1.82, 2.24) is 0 Å². The van der Waals surface area contributed by atoms with Gasteiger partial charge in [0.2, 0.25) is 0 Å². The first-order chi connectivity index (χ1) is 41.0. The smallest absolute Gasteiger partial charge is 0.306 e. The zero-order valence-corrected chi connectivity index (χ0v) is 52.1. The lowest BCUT2D eigenvalue weighted by atomic mass is 10.1. The number of unbranched alkanes of at least 4 members (excludes halogenated alkanes) is 5. The molecule has 0 aromatic carbocycles. The Morgan fingerprint density at radius 2 is 0.458 bits per heavy atom. The number of carbonyl (C=O) groups is 3. The van der Waals surface area contributed by atoms with Gasteiger partial charge in [-0.1, -0.05) is 258 Å². The Hall–Kier alpha value is -6.53. The van der Waals surface area contributed by atoms with E-state index in [9.17, 15) is 14.4 Å². The molecule has 0 aliphatic heterocycles. The van der Waals surface area contributed by atoms with Crippen LogP contribution in [0.2, 0.25) is 0 Å². The molecule has 0 heterocycles. The fourth-order valence-corrected chi connectivity index (χ4v) is 7.51. The molecule has 0 rings (SSSR count). The van der Waals surface area contributed by atoms with Gasteiger partial charge in [0.1, 0.15) is 13.2 Å². The summed E-state index contributed by atoms with van der Waals surface area (Å²) in [5.74, 6) is -1.13. The van der Waals surface area contributed by atoms with E-state index in [-0.39, 0.29) is 44.4 Å². The summed E-state index contributed by atoms with van der Waals surface area (Å²) < 4.78 is 16.8. The van der Waals surface area contributed by atoms with Crippen LogP contribution in [0.1, 0.15) is 213 Å². The molecule has 6 heteroatoms. The SMILES string of the molecule is CC/C=C\C/C=C\C/C=C\C/C=C\C/C=C\C/C=C\C/C=C\C/C=C\C/C=C\CCCCCC(=O)OCC(COC(=O)CCCC/C=C\C/C=C\C/C=C\C/C=C\CC)OC(=O)CC/C=C\C/C=C\C/C=C\C/C=C\C/C=C\C/C=C\CC. The lowest BCUT2D eigenvalue weighted by molar-refractivity contribution is -0.166. The van der Waals surface area contributed by atoms with Crippen molar-refractivity contribution in [2.24, 2.45) is 0 Å². The van der Waals surface area contributed by atoms with Crippen LogP contribution in [0, 0.1) is 0 Å². The van der Waals surface area contributed by atoms with Crippen LogP contribution >= 0.6 is 0 Å². The third-order valence-corrected chi connectivity index (χ3v) is 12.2. The topological polar surface area (TPSA) is 78.9 Å². The standard InChI is InChI=1S/C77H112O6/c1-4-7-10-13-16-19-22-25-28-30-32-33-34-35-36-37-38-39-40-41-42-43-45-46-49-52-55-58-61-64-67-70-76(79)82-73-74(72-81-75(78)69-66-63-60-57-54-51-48-27-24-21-18-15-12-9-6-3)83-77(80)71-68-65-62-59-56-53-50-47-44-31-29-26-23-20-17-14-11-8-5-2/h7-12,16-21,25-29,32-33,35-36,38-39,41-42,44-48,52-57,62,65,74H,4-6,13-15,22-24,30-31,34,37,40,43,49-51,58-61,63-64,66-73H2,1-3H3/b10-7-,11-8-,12-9-,19-16-,20-17-,21-18-,28-25-,29-26-,33-32-,36-35-,39-38-,42-41-,46-45-,47-44-,48-27-,55-52-,56-53-,57-54-,65-62-. The molecule has 6 nitrogen and oxygen atoms in total. The molecule has 0 fully saturated rings. The minimum Gasteiger partial charge on any atom is -0.462 e. The third-order valence-electron chi connectivity index (χ3n) is 12.2. The average molecular weight is 1130 g/mol. The lowest BCUT2D eigenvalue weighted by Crippen LogP contribution is -2.30. The molecular weight excluding hydrogens is 1020 g/mol. The maximum Gasteiger partial charge on any atom is 0.306 e. The summed E-state index contributed by atoms with van der Waals surface area (Å²) >= 11 is 0. The van der Waals surface area contributed by atoms with Gasteiger partial charge < -0.3 is 14.2 Å². The first-order valence-corrected chi connectivity index (χ1v) is 31.9. The molecular formula is C77H112O6. The molecule has 0 bridgehead atoms. The van der Waals surface area contributed by atoms with Gasteiger partial charge in [-0.05, 0) is 167 Å². The second-order valence-corrected chi connectivity index (χ2v) is 19.8. The second kappa shape index (κ2) is 68.0. The first kappa shape index (κ1) is 76.5. The van der Waals surface area contributed by atoms with E-state index in [1.165, 1.54) is 0 Å². The molecule has 0 aliphatic rings. The van der Waals surface area contributed by atoms with Crippen LogP contribution in [-0.2, 0) is 28.6 Å². The highest BCUT2D eigenvalue weighted by Gasteiger charge is 2.19. The number of ether oxygens (including phenoxy) is 3. The van der Waals surface area contributed by atoms with Gasteiger partial charge in [0.15, 0.2) is 6.10 Å². The Morgan fingerprint density at radius 3 is 0.723 bits per heavy atom. The van der Waals surface area contributed by atoms with E-state index in [4.69, 9.17) is 14.2 Å². The molecule has 0 aromatic rings. The lowest BCUT2D eigenvalue weighted by Gasteiger charge is -2.18. The Kier molecular flexibility index (Phi) is 62.6. The summed E-state index contributed by atoms with van der Waals surface area (Å²) in [7, 11) is 0. The monoisotopic (exact) mass is 1130 g/mol. The van der Waals surface area contributed by atoms with Gasteiger partial charge in [0.05, 0.1) is 0 Å². The maximum atomic E-state index is 12.9.